The highest BCUT2D eigenvalue weighted by atomic mass is 19.4. The highest BCUT2D eigenvalue weighted by molar-refractivity contribution is 5.98. The number of nitrogens with one attached hydrogen (secondary N) is 2. The van der Waals surface area contributed by atoms with Crippen LogP contribution >= 0.6 is 0 Å². The van der Waals surface area contributed by atoms with Crippen LogP contribution in [0, 0.1) is 0 Å². The first kappa shape index (κ1) is 13.0. The van der Waals surface area contributed by atoms with Crippen LogP contribution in [-0.4, -0.2) is 28.7 Å². The van der Waals surface area contributed by atoms with Gasteiger partial charge in [-0.25, -0.2) is 0 Å². The summed E-state index contributed by atoms with van der Waals surface area (Å²) in [5.41, 5.74) is -1.44. The van der Waals surface area contributed by atoms with Crippen LogP contribution in [0.5, 0.6) is 5.75 Å². The minimum absolute atomic E-state index is 0.0418. The highest BCUT2D eigenvalue weighted by Gasteiger charge is 2.30. The van der Waals surface area contributed by atoms with E-state index in [9.17, 15) is 27.9 Å². The van der Waals surface area contributed by atoms with E-state index in [4.69, 9.17) is 0 Å². The van der Waals surface area contributed by atoms with Gasteiger partial charge in [0.1, 0.15) is 11.1 Å². The molecule has 0 aliphatic rings. The summed E-state index contributed by atoms with van der Waals surface area (Å²) in [6.07, 6.45) is -3.44. The molecular formula is C10H6F3N2O4-. The van der Waals surface area contributed by atoms with Crippen molar-refractivity contribution >= 4 is 16.9 Å². The molecule has 0 aliphatic heterocycles. The molecule has 0 radical (unpaired) electrons. The molecule has 0 atom stereocenters. The summed E-state index contributed by atoms with van der Waals surface area (Å²) in [5, 5.41) is 10.5. The minimum Gasteiger partial charge on any atom is -0.543 e. The fraction of sp³-hybridized carbons (Fsp3) is 0.200. The van der Waals surface area contributed by atoms with Gasteiger partial charge in [-0.2, -0.15) is 13.2 Å². The Hall–Kier alpha value is -2.45. The Kier molecular flexibility index (Phi) is 2.97. The SMILES string of the molecule is O=C([O-])c1[nH]c2cc[nH]c(=O)c2c1OCC(F)(F)F. The molecule has 2 heterocycles. The Balaban J connectivity index is 2.58. The van der Waals surface area contributed by atoms with Crippen LogP contribution in [0.2, 0.25) is 0 Å². The molecule has 0 unspecified atom stereocenters. The smallest absolute Gasteiger partial charge is 0.422 e. The lowest BCUT2D eigenvalue weighted by molar-refractivity contribution is -0.255. The van der Waals surface area contributed by atoms with Gasteiger partial charge < -0.3 is 24.6 Å². The van der Waals surface area contributed by atoms with E-state index in [2.05, 4.69) is 14.7 Å². The van der Waals surface area contributed by atoms with Crippen molar-refractivity contribution in [2.75, 3.05) is 6.61 Å². The van der Waals surface area contributed by atoms with Crippen LogP contribution in [0.3, 0.4) is 0 Å². The molecule has 0 spiro atoms. The molecule has 102 valence electrons. The monoisotopic (exact) mass is 275 g/mol. The Labute approximate surface area is 102 Å². The van der Waals surface area contributed by atoms with E-state index >= 15 is 0 Å². The number of H-pyrrole nitrogens is 2. The first-order chi connectivity index (χ1) is 8.79. The Bertz CT molecular complexity index is 686. The highest BCUT2D eigenvalue weighted by Crippen LogP contribution is 2.28. The van der Waals surface area contributed by atoms with Gasteiger partial charge >= 0.3 is 6.18 Å². The van der Waals surface area contributed by atoms with E-state index < -0.39 is 35.8 Å². The van der Waals surface area contributed by atoms with Gasteiger partial charge in [-0.1, -0.05) is 0 Å². The quantitative estimate of drug-likeness (QED) is 0.833. The summed E-state index contributed by atoms with van der Waals surface area (Å²) in [5.74, 6) is -2.46. The van der Waals surface area contributed by atoms with Crippen LogP contribution < -0.4 is 15.4 Å². The number of hydrogen-bond donors (Lipinski definition) is 2. The number of aromatic amines is 2. The molecule has 0 aliphatic carbocycles. The van der Waals surface area contributed by atoms with Crippen molar-refractivity contribution in [2.45, 2.75) is 6.18 Å². The maximum Gasteiger partial charge on any atom is 0.422 e. The third-order valence-corrected chi connectivity index (χ3v) is 2.26. The lowest BCUT2D eigenvalue weighted by Gasteiger charge is -2.10. The Morgan fingerprint density at radius 3 is 2.68 bits per heavy atom. The fourth-order valence-electron chi connectivity index (χ4n) is 1.57. The molecule has 0 aromatic carbocycles. The topological polar surface area (TPSA) is 98.0 Å². The van der Waals surface area contributed by atoms with Gasteiger partial charge in [-0.05, 0) is 6.07 Å². The largest absolute Gasteiger partial charge is 0.543 e. The zero-order chi connectivity index (χ0) is 14.2. The van der Waals surface area contributed by atoms with Crippen molar-refractivity contribution in [1.29, 1.82) is 0 Å². The Morgan fingerprint density at radius 2 is 2.11 bits per heavy atom. The maximum atomic E-state index is 12.1. The summed E-state index contributed by atoms with van der Waals surface area (Å²) in [7, 11) is 0. The second kappa shape index (κ2) is 4.34. The molecule has 2 aromatic rings. The van der Waals surface area contributed by atoms with Crippen LogP contribution in [0.25, 0.3) is 10.9 Å². The number of rotatable bonds is 3. The lowest BCUT2D eigenvalue weighted by Crippen LogP contribution is -2.25. The predicted molar refractivity (Wildman–Crippen MR) is 54.8 cm³/mol. The molecule has 2 rings (SSSR count). The van der Waals surface area contributed by atoms with Gasteiger partial charge in [0, 0.05) is 6.20 Å². The number of carboxylic acid groups (broad SMARTS) is 1. The number of hydrogen-bond acceptors (Lipinski definition) is 4. The third kappa shape index (κ3) is 2.54. The summed E-state index contributed by atoms with van der Waals surface area (Å²) in [6, 6.07) is 1.30. The average molecular weight is 275 g/mol. The molecule has 0 saturated carbocycles. The van der Waals surface area contributed by atoms with E-state index in [1.807, 2.05) is 0 Å². The van der Waals surface area contributed by atoms with Gasteiger partial charge in [0.05, 0.1) is 11.5 Å². The van der Waals surface area contributed by atoms with Crippen LogP contribution in [0.4, 0.5) is 13.2 Å². The van der Waals surface area contributed by atoms with Crippen molar-refractivity contribution in [3.05, 3.63) is 28.3 Å². The summed E-state index contributed by atoms with van der Waals surface area (Å²) in [6.45, 7) is -1.71. The molecule has 9 heteroatoms. The van der Waals surface area contributed by atoms with Gasteiger partial charge in [-0.15, -0.1) is 0 Å². The number of fused-ring (bicyclic) bond motifs is 1. The number of aromatic nitrogens is 2. The van der Waals surface area contributed by atoms with Crippen molar-refractivity contribution in [3.63, 3.8) is 0 Å². The van der Waals surface area contributed by atoms with Crippen LogP contribution in [-0.2, 0) is 0 Å². The molecule has 0 amide bonds. The fourth-order valence-corrected chi connectivity index (χ4v) is 1.57. The first-order valence-electron chi connectivity index (χ1n) is 4.94. The number of carbonyl (C=O) groups is 1. The van der Waals surface area contributed by atoms with Gasteiger partial charge in [-0.3, -0.25) is 4.79 Å². The molecule has 2 aromatic heterocycles. The molecule has 0 fully saturated rings. The van der Waals surface area contributed by atoms with E-state index in [-0.39, 0.29) is 10.9 Å². The normalized spacial score (nSPS) is 11.7. The van der Waals surface area contributed by atoms with Crippen LogP contribution in [0.15, 0.2) is 17.1 Å². The Morgan fingerprint density at radius 1 is 1.42 bits per heavy atom. The molecular weight excluding hydrogens is 269 g/mol. The van der Waals surface area contributed by atoms with E-state index in [1.165, 1.54) is 12.3 Å². The summed E-state index contributed by atoms with van der Waals surface area (Å²) in [4.78, 5) is 26.8. The third-order valence-electron chi connectivity index (χ3n) is 2.26. The number of halogens is 3. The van der Waals surface area contributed by atoms with Crippen LogP contribution in [0.1, 0.15) is 10.5 Å². The lowest BCUT2D eigenvalue weighted by atomic mass is 10.3. The number of ether oxygens (including phenoxy) is 1. The zero-order valence-corrected chi connectivity index (χ0v) is 9.13. The summed E-state index contributed by atoms with van der Waals surface area (Å²) < 4.78 is 40.7. The first-order valence-corrected chi connectivity index (χ1v) is 4.94. The average Bonchev–Trinajstić information content (AvgIpc) is 2.65. The maximum absolute atomic E-state index is 12.1. The molecule has 2 N–H and O–H groups in total. The van der Waals surface area contributed by atoms with Gasteiger partial charge in [0.25, 0.3) is 5.56 Å². The second-order valence-corrected chi connectivity index (χ2v) is 3.62. The molecule has 0 bridgehead atoms. The minimum atomic E-state index is -4.66. The van der Waals surface area contributed by atoms with E-state index in [0.29, 0.717) is 0 Å². The zero-order valence-electron chi connectivity index (χ0n) is 9.13. The second-order valence-electron chi connectivity index (χ2n) is 3.62. The predicted octanol–water partition coefficient (Wildman–Crippen LogP) is 0.161. The number of alkyl halides is 3. The van der Waals surface area contributed by atoms with Gasteiger partial charge in [0.2, 0.25) is 0 Å². The van der Waals surface area contributed by atoms with Crippen molar-refractivity contribution in [2.24, 2.45) is 0 Å². The number of aromatic carboxylic acids is 1. The van der Waals surface area contributed by atoms with E-state index in [0.717, 1.165) is 0 Å². The molecule has 19 heavy (non-hydrogen) atoms. The number of carbonyl (C=O) groups excluding carboxylic acids is 1. The van der Waals surface area contributed by atoms with Crippen molar-refractivity contribution in [3.8, 4) is 5.75 Å². The van der Waals surface area contributed by atoms with Crippen molar-refractivity contribution < 1.29 is 27.8 Å². The number of carboxylic acids is 1. The van der Waals surface area contributed by atoms with Gasteiger partial charge in [0.15, 0.2) is 12.4 Å². The number of pyridine rings is 1. The van der Waals surface area contributed by atoms with Crippen molar-refractivity contribution in [1.82, 2.24) is 9.97 Å². The molecule has 6 nitrogen and oxygen atoms in total. The standard InChI is InChI=1S/C10H7F3N2O4/c11-10(12,13)3-19-7-5-4(1-2-14-8(5)16)15-6(7)9(17)18/h1-2,15H,3H2,(H,14,16)(H,17,18)/p-1. The van der Waals surface area contributed by atoms with E-state index in [1.54, 1.807) is 0 Å². The molecule has 0 saturated heterocycles. The summed E-state index contributed by atoms with van der Waals surface area (Å²) >= 11 is 0.